The molecule has 0 amide bonds. The van der Waals surface area contributed by atoms with Gasteiger partial charge in [0.1, 0.15) is 0 Å². The Kier molecular flexibility index (Phi) is 3.21. The summed E-state index contributed by atoms with van der Waals surface area (Å²) in [6, 6.07) is 10.1. The van der Waals surface area contributed by atoms with E-state index in [-0.39, 0.29) is 14.7 Å². The molecule has 1 unspecified atom stereocenters. The second kappa shape index (κ2) is 4.22. The van der Waals surface area contributed by atoms with E-state index in [1.165, 1.54) is 0 Å². The van der Waals surface area contributed by atoms with Crippen molar-refractivity contribution >= 4 is 8.61 Å². The summed E-state index contributed by atoms with van der Waals surface area (Å²) in [7, 11) is -0.0159. The maximum atomic E-state index is 10.2. The van der Waals surface area contributed by atoms with Crippen LogP contribution in [0.3, 0.4) is 0 Å². The van der Waals surface area contributed by atoms with E-state index in [9.17, 15) is 4.57 Å². The van der Waals surface area contributed by atoms with Crippen molar-refractivity contribution in [2.24, 2.45) is 0 Å². The molecule has 1 aromatic rings. The van der Waals surface area contributed by atoms with Gasteiger partial charge in [-0.1, -0.05) is 30.3 Å². The first-order valence-electron chi connectivity index (χ1n) is 3.47. The van der Waals surface area contributed by atoms with Gasteiger partial charge in [0.05, 0.1) is 0 Å². The summed E-state index contributed by atoms with van der Waals surface area (Å²) >= 11 is 0. The van der Waals surface area contributed by atoms with E-state index in [0.717, 1.165) is 5.56 Å². The van der Waals surface area contributed by atoms with Crippen molar-refractivity contribution in [3.05, 3.63) is 35.9 Å². The monoisotopic (exact) mass is 167 g/mol. The molecule has 11 heavy (non-hydrogen) atoms. The quantitative estimate of drug-likeness (QED) is 0.701. The standard InChI is InChI=1S/C8H10NOP/c1-7(9-11-10)8-5-3-2-4-6-8/h2-7H,1H3,(H,9,10). The molecule has 0 heterocycles. The smallest absolute Gasteiger partial charge is 0.246 e. The third kappa shape index (κ3) is 2.41. The van der Waals surface area contributed by atoms with E-state index in [1.54, 1.807) is 0 Å². The van der Waals surface area contributed by atoms with Crippen molar-refractivity contribution in [2.75, 3.05) is 0 Å². The van der Waals surface area contributed by atoms with Gasteiger partial charge in [-0.2, -0.15) is 0 Å². The van der Waals surface area contributed by atoms with E-state index in [4.69, 9.17) is 0 Å². The van der Waals surface area contributed by atoms with Gasteiger partial charge in [-0.3, -0.25) is 4.57 Å². The van der Waals surface area contributed by atoms with Crippen LogP contribution in [0.1, 0.15) is 18.5 Å². The molecular formula is C8H10NOP. The minimum atomic E-state index is -0.0159. The lowest BCUT2D eigenvalue weighted by atomic mass is 10.1. The Bertz CT molecular complexity index is 225. The van der Waals surface area contributed by atoms with Crippen molar-refractivity contribution in [2.45, 2.75) is 13.0 Å². The number of benzene rings is 1. The first-order valence-corrected chi connectivity index (χ1v) is 4.28. The van der Waals surface area contributed by atoms with Gasteiger partial charge in [0.2, 0.25) is 8.61 Å². The number of hydrogen-bond acceptors (Lipinski definition) is 1. The van der Waals surface area contributed by atoms with Crippen LogP contribution < -0.4 is 5.09 Å². The molecule has 0 fully saturated rings. The molecule has 0 aliphatic heterocycles. The summed E-state index contributed by atoms with van der Waals surface area (Å²) in [6.45, 7) is 1.97. The summed E-state index contributed by atoms with van der Waals surface area (Å²) < 4.78 is 10.2. The van der Waals surface area contributed by atoms with Gasteiger partial charge < -0.3 is 0 Å². The van der Waals surface area contributed by atoms with E-state index >= 15 is 0 Å². The lowest BCUT2D eigenvalue weighted by Crippen LogP contribution is -2.05. The molecule has 1 N–H and O–H groups in total. The van der Waals surface area contributed by atoms with Crippen LogP contribution >= 0.6 is 8.61 Å². The first-order chi connectivity index (χ1) is 5.34. The molecule has 0 saturated carbocycles. The van der Waals surface area contributed by atoms with Crippen LogP contribution in [-0.4, -0.2) is 0 Å². The molecule has 2 nitrogen and oxygen atoms in total. The fourth-order valence-corrected chi connectivity index (χ4v) is 1.20. The van der Waals surface area contributed by atoms with Gasteiger partial charge in [-0.05, 0) is 12.5 Å². The third-order valence-electron chi connectivity index (χ3n) is 1.55. The van der Waals surface area contributed by atoms with Gasteiger partial charge in [-0.15, -0.1) is 0 Å². The first kappa shape index (κ1) is 8.38. The predicted octanol–water partition coefficient (Wildman–Crippen LogP) is 2.54. The molecular weight excluding hydrogens is 157 g/mol. The van der Waals surface area contributed by atoms with E-state index in [1.807, 2.05) is 37.3 Å². The van der Waals surface area contributed by atoms with Gasteiger partial charge >= 0.3 is 0 Å². The second-order valence-electron chi connectivity index (χ2n) is 2.35. The van der Waals surface area contributed by atoms with Crippen molar-refractivity contribution in [1.29, 1.82) is 0 Å². The molecule has 3 heteroatoms. The van der Waals surface area contributed by atoms with Crippen LogP contribution in [0.15, 0.2) is 30.3 Å². The van der Waals surface area contributed by atoms with E-state index in [0.29, 0.717) is 0 Å². The normalized spacial score (nSPS) is 13.2. The molecule has 0 radical (unpaired) electrons. The topological polar surface area (TPSA) is 29.1 Å². The van der Waals surface area contributed by atoms with E-state index in [2.05, 4.69) is 5.09 Å². The summed E-state index contributed by atoms with van der Waals surface area (Å²) in [5.41, 5.74) is 1.15. The highest BCUT2D eigenvalue weighted by atomic mass is 31.1. The Morgan fingerprint density at radius 2 is 2.00 bits per heavy atom. The van der Waals surface area contributed by atoms with Crippen molar-refractivity contribution in [3.8, 4) is 0 Å². The van der Waals surface area contributed by atoms with Crippen LogP contribution in [0.25, 0.3) is 0 Å². The molecule has 1 rings (SSSR count). The molecule has 0 aliphatic carbocycles. The van der Waals surface area contributed by atoms with Crippen molar-refractivity contribution in [1.82, 2.24) is 5.09 Å². The fourth-order valence-electron chi connectivity index (χ4n) is 0.895. The Morgan fingerprint density at radius 1 is 1.36 bits per heavy atom. The Morgan fingerprint density at radius 3 is 2.55 bits per heavy atom. The molecule has 1 atom stereocenters. The molecule has 0 aliphatic rings. The average Bonchev–Trinajstić information content (AvgIpc) is 2.07. The minimum absolute atomic E-state index is 0.0159. The van der Waals surface area contributed by atoms with Crippen LogP contribution in [0.5, 0.6) is 0 Å². The largest absolute Gasteiger partial charge is 0.256 e. The fraction of sp³-hybridized carbons (Fsp3) is 0.250. The maximum Gasteiger partial charge on any atom is 0.246 e. The minimum Gasteiger partial charge on any atom is -0.256 e. The number of nitrogens with one attached hydrogen (secondary N) is 1. The SMILES string of the molecule is CC(NP=O)c1ccccc1. The summed E-state index contributed by atoms with van der Waals surface area (Å²) in [6.07, 6.45) is 0. The Hall–Kier alpha value is -0.720. The number of hydrogen-bond donors (Lipinski definition) is 1. The maximum absolute atomic E-state index is 10.2. The predicted molar refractivity (Wildman–Crippen MR) is 45.6 cm³/mol. The number of rotatable bonds is 3. The van der Waals surface area contributed by atoms with Gasteiger partial charge in [0, 0.05) is 6.04 Å². The lowest BCUT2D eigenvalue weighted by molar-refractivity contribution is 0.583. The molecule has 58 valence electrons. The van der Waals surface area contributed by atoms with Gasteiger partial charge in [-0.25, -0.2) is 5.09 Å². The Labute approximate surface area is 67.9 Å². The third-order valence-corrected chi connectivity index (χ3v) is 2.04. The van der Waals surface area contributed by atoms with E-state index < -0.39 is 0 Å². The molecule has 0 aromatic heterocycles. The average molecular weight is 167 g/mol. The zero-order chi connectivity index (χ0) is 8.10. The zero-order valence-corrected chi connectivity index (χ0v) is 7.21. The zero-order valence-electron chi connectivity index (χ0n) is 6.32. The van der Waals surface area contributed by atoms with Crippen LogP contribution in [0.4, 0.5) is 0 Å². The van der Waals surface area contributed by atoms with Crippen LogP contribution in [0.2, 0.25) is 0 Å². The van der Waals surface area contributed by atoms with Gasteiger partial charge in [0.15, 0.2) is 0 Å². The summed E-state index contributed by atoms with van der Waals surface area (Å²) in [5.74, 6) is 0. The highest BCUT2D eigenvalue weighted by molar-refractivity contribution is 7.21. The summed E-state index contributed by atoms with van der Waals surface area (Å²) in [5, 5.41) is 2.78. The molecule has 1 aromatic carbocycles. The molecule has 0 bridgehead atoms. The highest BCUT2D eigenvalue weighted by Crippen LogP contribution is 2.12. The summed E-state index contributed by atoms with van der Waals surface area (Å²) in [4.78, 5) is 0. The molecule has 0 spiro atoms. The second-order valence-corrected chi connectivity index (χ2v) is 2.79. The van der Waals surface area contributed by atoms with Gasteiger partial charge in [0.25, 0.3) is 0 Å². The van der Waals surface area contributed by atoms with Crippen molar-refractivity contribution < 1.29 is 4.57 Å². The lowest BCUT2D eigenvalue weighted by Gasteiger charge is -2.06. The highest BCUT2D eigenvalue weighted by Gasteiger charge is 2.01. The molecule has 0 saturated heterocycles. The Balaban J connectivity index is 2.68. The van der Waals surface area contributed by atoms with Crippen LogP contribution in [-0.2, 0) is 4.57 Å². The van der Waals surface area contributed by atoms with Crippen molar-refractivity contribution in [3.63, 3.8) is 0 Å². The van der Waals surface area contributed by atoms with Crippen LogP contribution in [0, 0.1) is 0 Å².